The van der Waals surface area contributed by atoms with Crippen LogP contribution in [0.3, 0.4) is 0 Å². The topological polar surface area (TPSA) is 118 Å². The number of aryl methyl sites for hydroxylation is 1. The summed E-state index contributed by atoms with van der Waals surface area (Å²) >= 11 is 6.24. The second kappa shape index (κ2) is 10.3. The smallest absolute Gasteiger partial charge is 0.339 e. The fourth-order valence-corrected chi connectivity index (χ4v) is 3.13. The van der Waals surface area contributed by atoms with Crippen LogP contribution in [-0.2, 0) is 9.59 Å². The zero-order valence-electron chi connectivity index (χ0n) is 16.6. The quantitative estimate of drug-likeness (QED) is 0.630. The number of nitrogens with one attached hydrogen (secondary N) is 2. The third-order valence-corrected chi connectivity index (χ3v) is 4.87. The Labute approximate surface area is 173 Å². The van der Waals surface area contributed by atoms with E-state index >= 15 is 0 Å². The Morgan fingerprint density at radius 3 is 2.66 bits per heavy atom. The molecule has 1 aromatic heterocycles. The zero-order valence-corrected chi connectivity index (χ0v) is 17.4. The van der Waals surface area contributed by atoms with Gasteiger partial charge in [0.15, 0.2) is 6.61 Å². The molecular weight excluding hydrogens is 400 g/mol. The summed E-state index contributed by atoms with van der Waals surface area (Å²) in [6.07, 6.45) is 2.20. The molecule has 1 amide bonds. The number of rotatable bonds is 5. The molecule has 0 unspecified atom stereocenters. The number of benzene rings is 1. The van der Waals surface area contributed by atoms with Gasteiger partial charge in [0.1, 0.15) is 11.3 Å². The molecule has 0 radical (unpaired) electrons. The lowest BCUT2D eigenvalue weighted by molar-refractivity contribution is -0.134. The molecule has 0 aliphatic carbocycles. The number of carbonyl (C=O) groups excluding carboxylic acids is 1. The number of aliphatic carboxylic acids is 1. The van der Waals surface area contributed by atoms with Crippen molar-refractivity contribution < 1.29 is 23.8 Å². The van der Waals surface area contributed by atoms with Gasteiger partial charge in [-0.2, -0.15) is 0 Å². The summed E-state index contributed by atoms with van der Waals surface area (Å²) in [4.78, 5) is 32.7. The maximum atomic E-state index is 11.9. The Balaban J connectivity index is 0.000000687. The molecule has 29 heavy (non-hydrogen) atoms. The number of hydrogen-bond donors (Lipinski definition) is 3. The van der Waals surface area contributed by atoms with Crippen LogP contribution in [0.2, 0.25) is 5.02 Å². The van der Waals surface area contributed by atoms with Crippen LogP contribution in [0.4, 0.5) is 0 Å². The highest BCUT2D eigenvalue weighted by molar-refractivity contribution is 6.32. The standard InChI is InChI=1S/C18H21ClN2O4.C2H4O2/c1-10-11(2)18(23)25-15-7-16(14(19)6-13(10)15)24-9-17(22)21-8-12-4-3-5-20-12;1-2(3)4/h6-7,12,20H,3-5,8-9H2,1-2H3,(H,21,22);1H3,(H,3,4)/t12-;/m0./s1. The Bertz CT molecular complexity index is 946. The van der Waals surface area contributed by atoms with E-state index < -0.39 is 5.97 Å². The highest BCUT2D eigenvalue weighted by Gasteiger charge is 2.16. The Kier molecular flexibility index (Phi) is 8.04. The van der Waals surface area contributed by atoms with Crippen molar-refractivity contribution in [3.8, 4) is 5.75 Å². The minimum Gasteiger partial charge on any atom is -0.482 e. The molecule has 2 heterocycles. The molecule has 1 fully saturated rings. The normalized spacial score (nSPS) is 15.5. The van der Waals surface area contributed by atoms with Gasteiger partial charge in [-0.3, -0.25) is 9.59 Å². The largest absolute Gasteiger partial charge is 0.482 e. The van der Waals surface area contributed by atoms with Crippen molar-refractivity contribution >= 4 is 34.4 Å². The van der Waals surface area contributed by atoms with E-state index in [0.29, 0.717) is 34.5 Å². The van der Waals surface area contributed by atoms with E-state index in [1.807, 2.05) is 6.92 Å². The van der Waals surface area contributed by atoms with Crippen LogP contribution in [-0.4, -0.2) is 42.7 Å². The van der Waals surface area contributed by atoms with Gasteiger partial charge in [-0.25, -0.2) is 4.79 Å². The van der Waals surface area contributed by atoms with Crippen LogP contribution in [0.15, 0.2) is 21.3 Å². The first-order chi connectivity index (χ1) is 13.7. The van der Waals surface area contributed by atoms with Gasteiger partial charge < -0.3 is 24.9 Å². The first kappa shape index (κ1) is 22.7. The summed E-state index contributed by atoms with van der Waals surface area (Å²) in [6, 6.07) is 3.57. The van der Waals surface area contributed by atoms with E-state index in [2.05, 4.69) is 10.6 Å². The van der Waals surface area contributed by atoms with E-state index in [1.54, 1.807) is 19.1 Å². The van der Waals surface area contributed by atoms with E-state index in [1.165, 1.54) is 0 Å². The van der Waals surface area contributed by atoms with E-state index in [4.69, 9.17) is 30.7 Å². The van der Waals surface area contributed by atoms with Gasteiger partial charge in [0, 0.05) is 36.5 Å². The third-order valence-electron chi connectivity index (χ3n) is 4.58. The molecule has 0 bridgehead atoms. The number of carboxylic acid groups (broad SMARTS) is 1. The second-order valence-corrected chi connectivity index (χ2v) is 7.23. The van der Waals surface area contributed by atoms with E-state index in [9.17, 15) is 9.59 Å². The number of amides is 1. The maximum Gasteiger partial charge on any atom is 0.339 e. The molecular formula is C20H25ClN2O6. The average Bonchev–Trinajstić information content (AvgIpc) is 3.17. The predicted octanol–water partition coefficient (Wildman–Crippen LogP) is 2.40. The van der Waals surface area contributed by atoms with Crippen LogP contribution >= 0.6 is 11.6 Å². The van der Waals surface area contributed by atoms with Crippen LogP contribution in [0.5, 0.6) is 5.75 Å². The lowest BCUT2D eigenvalue weighted by Gasteiger charge is -2.13. The number of carbonyl (C=O) groups is 2. The number of halogens is 1. The van der Waals surface area contributed by atoms with Crippen molar-refractivity contribution in [2.75, 3.05) is 19.7 Å². The van der Waals surface area contributed by atoms with Gasteiger partial charge in [-0.15, -0.1) is 0 Å². The van der Waals surface area contributed by atoms with Crippen molar-refractivity contribution in [1.29, 1.82) is 0 Å². The SMILES string of the molecule is CC(=O)O.Cc1c(C)c2cc(Cl)c(OCC(=O)NC[C@@H]3CCCN3)cc2oc1=O. The Morgan fingerprint density at radius 2 is 2.03 bits per heavy atom. The molecule has 1 aromatic carbocycles. The van der Waals surface area contributed by atoms with Crippen LogP contribution in [0.1, 0.15) is 30.9 Å². The average molecular weight is 425 g/mol. The first-order valence-electron chi connectivity index (χ1n) is 9.25. The highest BCUT2D eigenvalue weighted by atomic mass is 35.5. The van der Waals surface area contributed by atoms with E-state index in [0.717, 1.165) is 37.3 Å². The van der Waals surface area contributed by atoms with Crippen LogP contribution in [0, 0.1) is 13.8 Å². The summed E-state index contributed by atoms with van der Waals surface area (Å²) < 4.78 is 10.8. The minimum atomic E-state index is -0.833. The lowest BCUT2D eigenvalue weighted by Crippen LogP contribution is -2.39. The summed E-state index contributed by atoms with van der Waals surface area (Å²) in [6.45, 7) is 6.07. The molecule has 158 valence electrons. The molecule has 3 N–H and O–H groups in total. The van der Waals surface area contributed by atoms with Gasteiger partial charge in [0.25, 0.3) is 11.9 Å². The molecule has 2 aromatic rings. The molecule has 8 nitrogen and oxygen atoms in total. The monoisotopic (exact) mass is 424 g/mol. The summed E-state index contributed by atoms with van der Waals surface area (Å²) in [5.41, 5.74) is 1.38. The summed E-state index contributed by atoms with van der Waals surface area (Å²) in [5.74, 6) is -0.735. The number of carboxylic acids is 1. The molecule has 1 atom stereocenters. The Hall–Kier alpha value is -2.58. The fourth-order valence-electron chi connectivity index (χ4n) is 2.92. The minimum absolute atomic E-state index is 0.146. The number of fused-ring (bicyclic) bond motifs is 1. The van der Waals surface area contributed by atoms with Gasteiger partial charge in [-0.1, -0.05) is 11.6 Å². The third kappa shape index (κ3) is 6.47. The van der Waals surface area contributed by atoms with Crippen LogP contribution < -0.4 is 21.0 Å². The fraction of sp³-hybridized carbons (Fsp3) is 0.450. The van der Waals surface area contributed by atoms with Crippen LogP contribution in [0.25, 0.3) is 11.0 Å². The molecule has 1 aliphatic rings. The van der Waals surface area contributed by atoms with E-state index in [-0.39, 0.29) is 18.1 Å². The predicted molar refractivity (Wildman–Crippen MR) is 110 cm³/mol. The van der Waals surface area contributed by atoms with Crippen molar-refractivity contribution in [2.24, 2.45) is 0 Å². The van der Waals surface area contributed by atoms with Gasteiger partial charge in [-0.05, 0) is 44.9 Å². The number of ether oxygens (including phenoxy) is 1. The van der Waals surface area contributed by atoms with Gasteiger partial charge >= 0.3 is 5.63 Å². The second-order valence-electron chi connectivity index (χ2n) is 6.82. The number of hydrogen-bond acceptors (Lipinski definition) is 6. The summed E-state index contributed by atoms with van der Waals surface area (Å²) in [7, 11) is 0. The molecule has 1 aliphatic heterocycles. The Morgan fingerprint density at radius 1 is 1.34 bits per heavy atom. The summed E-state index contributed by atoms with van der Waals surface area (Å²) in [5, 5.41) is 14.7. The maximum absolute atomic E-state index is 11.9. The van der Waals surface area contributed by atoms with Crippen molar-refractivity contribution in [3.63, 3.8) is 0 Å². The zero-order chi connectivity index (χ0) is 21.6. The van der Waals surface area contributed by atoms with Crippen molar-refractivity contribution in [3.05, 3.63) is 38.7 Å². The molecule has 0 saturated carbocycles. The van der Waals surface area contributed by atoms with Gasteiger partial charge in [0.05, 0.1) is 5.02 Å². The molecule has 3 rings (SSSR count). The molecule has 0 spiro atoms. The van der Waals surface area contributed by atoms with Crippen molar-refractivity contribution in [2.45, 2.75) is 39.7 Å². The highest BCUT2D eigenvalue weighted by Crippen LogP contribution is 2.31. The molecule has 1 saturated heterocycles. The lowest BCUT2D eigenvalue weighted by atomic mass is 10.1. The first-order valence-corrected chi connectivity index (χ1v) is 9.62. The van der Waals surface area contributed by atoms with Crippen molar-refractivity contribution in [1.82, 2.24) is 10.6 Å². The van der Waals surface area contributed by atoms with Gasteiger partial charge in [0.2, 0.25) is 0 Å². The molecule has 9 heteroatoms.